The number of sulfone groups is 1. The van der Waals surface area contributed by atoms with Crippen LogP contribution in [0, 0.1) is 11.8 Å². The van der Waals surface area contributed by atoms with Gasteiger partial charge in [-0.25, -0.2) is 13.4 Å². The van der Waals surface area contributed by atoms with E-state index >= 15 is 0 Å². The summed E-state index contributed by atoms with van der Waals surface area (Å²) in [4.78, 5) is 7.51. The summed E-state index contributed by atoms with van der Waals surface area (Å²) in [5.41, 5.74) is 2.53. The highest BCUT2D eigenvalue weighted by Crippen LogP contribution is 2.44. The molecule has 27 heavy (non-hydrogen) atoms. The first-order valence-electron chi connectivity index (χ1n) is 9.91. The third kappa shape index (κ3) is 2.85. The Morgan fingerprint density at radius 2 is 2.04 bits per heavy atom. The summed E-state index contributed by atoms with van der Waals surface area (Å²) in [5.74, 6) is 2.10. The number of fused-ring (bicyclic) bond motifs is 3. The summed E-state index contributed by atoms with van der Waals surface area (Å²) in [7, 11) is -2.99. The van der Waals surface area contributed by atoms with E-state index in [0.29, 0.717) is 11.7 Å². The molecule has 0 amide bonds. The Balaban J connectivity index is 1.43. The lowest BCUT2D eigenvalue weighted by Crippen LogP contribution is -2.24. The molecule has 0 spiro atoms. The second-order valence-electron chi connectivity index (χ2n) is 8.38. The highest BCUT2D eigenvalue weighted by molar-refractivity contribution is 7.92. The topological polar surface area (TPSA) is 93.0 Å². The van der Waals surface area contributed by atoms with Crippen LogP contribution in [-0.4, -0.2) is 44.0 Å². The lowest BCUT2D eigenvalue weighted by Gasteiger charge is -2.15. The van der Waals surface area contributed by atoms with Crippen molar-refractivity contribution >= 4 is 26.6 Å². The second kappa shape index (κ2) is 6.29. The molecule has 5 rings (SSSR count). The highest BCUT2D eigenvalue weighted by atomic mass is 32.2. The number of hydrogen-bond acceptors (Lipinski definition) is 5. The van der Waals surface area contributed by atoms with Crippen LogP contribution in [0.3, 0.4) is 0 Å². The minimum Gasteiger partial charge on any atom is -0.345 e. The molecule has 7 nitrogen and oxygen atoms in total. The maximum atomic E-state index is 12.8. The van der Waals surface area contributed by atoms with Crippen LogP contribution >= 0.6 is 0 Å². The van der Waals surface area contributed by atoms with Crippen LogP contribution in [0.1, 0.15) is 57.2 Å². The second-order valence-corrected chi connectivity index (χ2v) is 10.7. The summed E-state index contributed by atoms with van der Waals surface area (Å²) in [6.07, 6.45) is 9.21. The van der Waals surface area contributed by atoms with E-state index in [4.69, 9.17) is 0 Å². The van der Waals surface area contributed by atoms with E-state index in [-0.39, 0.29) is 17.1 Å². The normalized spacial score (nSPS) is 27.2. The fourth-order valence-corrected chi connectivity index (χ4v) is 7.48. The zero-order chi connectivity index (χ0) is 18.6. The van der Waals surface area contributed by atoms with E-state index in [0.717, 1.165) is 61.2 Å². The van der Waals surface area contributed by atoms with Gasteiger partial charge in [0.05, 0.1) is 22.7 Å². The standard InChI is InChI=1S/C19H25N5O2S/c1-12-8-13(11-27(25,26)14-4-2-3-5-14)9-15(12)19-23-22-17-10-21-18-16(24(17)19)6-7-20-18/h6-7,10,12-15,20H,2-5,8-9,11H2,1H3/t12-,13+,15+/m1/s1. The van der Waals surface area contributed by atoms with Gasteiger partial charge < -0.3 is 4.98 Å². The Morgan fingerprint density at radius 1 is 1.22 bits per heavy atom. The van der Waals surface area contributed by atoms with Gasteiger partial charge in [-0.05, 0) is 43.6 Å². The largest absolute Gasteiger partial charge is 0.345 e. The fraction of sp³-hybridized carbons (Fsp3) is 0.632. The van der Waals surface area contributed by atoms with Crippen molar-refractivity contribution in [3.8, 4) is 0 Å². The fourth-order valence-electron chi connectivity index (χ4n) is 5.22. The number of aromatic amines is 1. The number of hydrogen-bond donors (Lipinski definition) is 1. The number of H-pyrrole nitrogens is 1. The first kappa shape index (κ1) is 17.2. The Labute approximate surface area is 158 Å². The van der Waals surface area contributed by atoms with Crippen LogP contribution in [0.5, 0.6) is 0 Å². The Morgan fingerprint density at radius 3 is 2.85 bits per heavy atom. The predicted molar refractivity (Wildman–Crippen MR) is 103 cm³/mol. The molecule has 0 aliphatic heterocycles. The van der Waals surface area contributed by atoms with Crippen molar-refractivity contribution in [2.75, 3.05) is 5.75 Å². The zero-order valence-corrected chi connectivity index (χ0v) is 16.3. The summed E-state index contributed by atoms with van der Waals surface area (Å²) in [5, 5.41) is 8.68. The van der Waals surface area contributed by atoms with Crippen LogP contribution in [-0.2, 0) is 9.84 Å². The molecule has 3 aromatic rings. The zero-order valence-electron chi connectivity index (χ0n) is 15.5. The molecule has 0 aromatic carbocycles. The van der Waals surface area contributed by atoms with Gasteiger partial charge in [0.25, 0.3) is 0 Å². The molecule has 0 saturated heterocycles. The summed E-state index contributed by atoms with van der Waals surface area (Å²) >= 11 is 0. The first-order chi connectivity index (χ1) is 13.0. The van der Waals surface area contributed by atoms with Gasteiger partial charge >= 0.3 is 0 Å². The molecule has 2 aliphatic rings. The monoisotopic (exact) mass is 387 g/mol. The summed E-state index contributed by atoms with van der Waals surface area (Å²) in [6.45, 7) is 2.21. The third-order valence-corrected chi connectivity index (χ3v) is 8.98. The molecule has 3 aromatic heterocycles. The maximum Gasteiger partial charge on any atom is 0.179 e. The predicted octanol–water partition coefficient (Wildman–Crippen LogP) is 3.09. The van der Waals surface area contributed by atoms with Gasteiger partial charge in [0.2, 0.25) is 0 Å². The SMILES string of the molecule is C[C@@H]1C[C@H](CS(=O)(=O)C2CCCC2)C[C@@H]1c1nnc2cnc3[nH]ccc3n12. The average molecular weight is 388 g/mol. The molecule has 0 bridgehead atoms. The molecule has 144 valence electrons. The molecule has 2 fully saturated rings. The van der Waals surface area contributed by atoms with Crippen molar-refractivity contribution in [3.05, 3.63) is 24.3 Å². The van der Waals surface area contributed by atoms with Crippen LogP contribution in [0.2, 0.25) is 0 Å². The minimum atomic E-state index is -2.99. The molecular formula is C19H25N5O2S. The van der Waals surface area contributed by atoms with Crippen LogP contribution < -0.4 is 0 Å². The van der Waals surface area contributed by atoms with E-state index in [1.165, 1.54) is 0 Å². The van der Waals surface area contributed by atoms with Gasteiger partial charge in [0, 0.05) is 12.1 Å². The van der Waals surface area contributed by atoms with Gasteiger partial charge in [0.15, 0.2) is 21.1 Å². The molecule has 1 N–H and O–H groups in total. The third-order valence-electron chi connectivity index (χ3n) is 6.56. The molecule has 3 heterocycles. The number of rotatable bonds is 4. The van der Waals surface area contributed by atoms with Crippen molar-refractivity contribution in [3.63, 3.8) is 0 Å². The van der Waals surface area contributed by atoms with Crippen LogP contribution in [0.15, 0.2) is 18.5 Å². The van der Waals surface area contributed by atoms with Gasteiger partial charge in [0.1, 0.15) is 5.82 Å². The number of nitrogens with zero attached hydrogens (tertiary/aromatic N) is 4. The van der Waals surface area contributed by atoms with Crippen molar-refractivity contribution in [2.24, 2.45) is 11.8 Å². The van der Waals surface area contributed by atoms with Crippen LogP contribution in [0.4, 0.5) is 0 Å². The molecular weight excluding hydrogens is 362 g/mol. The van der Waals surface area contributed by atoms with Crippen molar-refractivity contribution in [1.29, 1.82) is 0 Å². The number of aromatic nitrogens is 5. The highest BCUT2D eigenvalue weighted by Gasteiger charge is 2.39. The van der Waals surface area contributed by atoms with E-state index in [1.54, 1.807) is 6.20 Å². The number of nitrogens with one attached hydrogen (secondary N) is 1. The van der Waals surface area contributed by atoms with E-state index in [2.05, 4.69) is 31.5 Å². The minimum absolute atomic E-state index is 0.105. The smallest absolute Gasteiger partial charge is 0.179 e. The lowest BCUT2D eigenvalue weighted by molar-refractivity contribution is 0.504. The quantitative estimate of drug-likeness (QED) is 0.742. The van der Waals surface area contributed by atoms with Crippen molar-refractivity contribution < 1.29 is 8.42 Å². The van der Waals surface area contributed by atoms with Crippen molar-refractivity contribution in [1.82, 2.24) is 24.6 Å². The lowest BCUT2D eigenvalue weighted by atomic mass is 9.97. The van der Waals surface area contributed by atoms with Crippen LogP contribution in [0.25, 0.3) is 16.8 Å². The Bertz CT molecular complexity index is 1080. The maximum absolute atomic E-state index is 12.8. The Kier molecular flexibility index (Phi) is 4.00. The van der Waals surface area contributed by atoms with Crippen molar-refractivity contribution in [2.45, 2.75) is 56.6 Å². The molecule has 3 atom stereocenters. The molecule has 0 radical (unpaired) electrons. The van der Waals surface area contributed by atoms with E-state index in [9.17, 15) is 8.42 Å². The van der Waals surface area contributed by atoms with Gasteiger partial charge in [-0.1, -0.05) is 19.8 Å². The van der Waals surface area contributed by atoms with Gasteiger partial charge in [-0.3, -0.25) is 4.40 Å². The van der Waals surface area contributed by atoms with E-state index in [1.807, 2.05) is 12.3 Å². The first-order valence-corrected chi connectivity index (χ1v) is 11.6. The van der Waals surface area contributed by atoms with E-state index < -0.39 is 9.84 Å². The summed E-state index contributed by atoms with van der Waals surface area (Å²) < 4.78 is 27.7. The molecule has 2 saturated carbocycles. The van der Waals surface area contributed by atoms with Gasteiger partial charge in [-0.2, -0.15) is 0 Å². The van der Waals surface area contributed by atoms with Gasteiger partial charge in [-0.15, -0.1) is 10.2 Å². The summed E-state index contributed by atoms with van der Waals surface area (Å²) in [6, 6.07) is 1.99. The molecule has 2 aliphatic carbocycles. The molecule has 8 heteroatoms. The molecule has 0 unspecified atom stereocenters. The Hall–Kier alpha value is -1.96. The average Bonchev–Trinajstić information content (AvgIpc) is 3.40.